The summed E-state index contributed by atoms with van der Waals surface area (Å²) < 4.78 is 16.1. The van der Waals surface area contributed by atoms with Gasteiger partial charge in [-0.15, -0.1) is 0 Å². The number of benzene rings is 1. The molecule has 1 aromatic heterocycles. The van der Waals surface area contributed by atoms with Crippen LogP contribution < -0.4 is 14.2 Å². The van der Waals surface area contributed by atoms with Gasteiger partial charge in [0.2, 0.25) is 6.79 Å². The van der Waals surface area contributed by atoms with Crippen LogP contribution in [0.1, 0.15) is 11.5 Å². The highest BCUT2D eigenvalue weighted by molar-refractivity contribution is 6.29. The summed E-state index contributed by atoms with van der Waals surface area (Å²) >= 11 is 5.87. The Bertz CT molecular complexity index is 599. The Kier molecular flexibility index (Phi) is 3.13. The number of nitrogens with zero attached hydrogens (tertiary/aromatic N) is 2. The molecule has 19 heavy (non-hydrogen) atoms. The van der Waals surface area contributed by atoms with Gasteiger partial charge in [-0.3, -0.25) is 0 Å². The minimum Gasteiger partial charge on any atom is -0.485 e. The first kappa shape index (κ1) is 12.0. The molecule has 0 fully saturated rings. The van der Waals surface area contributed by atoms with Crippen LogP contribution in [0.5, 0.6) is 17.2 Å². The number of aromatic nitrogens is 2. The summed E-state index contributed by atoms with van der Waals surface area (Å²) in [6.45, 7) is 2.36. The first-order valence-corrected chi connectivity index (χ1v) is 6.11. The van der Waals surface area contributed by atoms with E-state index in [9.17, 15) is 0 Å². The number of ether oxygens (including phenoxy) is 3. The minimum absolute atomic E-state index is 0.245. The Morgan fingerprint density at radius 2 is 2.05 bits per heavy atom. The van der Waals surface area contributed by atoms with Crippen molar-refractivity contribution in [2.24, 2.45) is 0 Å². The number of aryl methyl sites for hydroxylation is 1. The van der Waals surface area contributed by atoms with Gasteiger partial charge in [0, 0.05) is 11.8 Å². The third-order valence-corrected chi connectivity index (χ3v) is 2.77. The largest absolute Gasteiger partial charge is 0.485 e. The number of rotatable bonds is 3. The molecule has 0 spiro atoms. The standard InChI is InChI=1S/C13H11ClN2O3/c1-8-4-12(14)16-13(15-8)6-17-9-2-3-10-11(5-9)19-7-18-10/h2-5H,6-7H2,1H3. The summed E-state index contributed by atoms with van der Waals surface area (Å²) in [7, 11) is 0. The normalized spacial score (nSPS) is 12.5. The van der Waals surface area contributed by atoms with Crippen molar-refractivity contribution in [3.8, 4) is 17.2 Å². The lowest BCUT2D eigenvalue weighted by Crippen LogP contribution is -2.02. The molecule has 1 aliphatic heterocycles. The predicted octanol–water partition coefficient (Wildman–Crippen LogP) is 2.75. The van der Waals surface area contributed by atoms with Gasteiger partial charge in [0.1, 0.15) is 17.5 Å². The van der Waals surface area contributed by atoms with Crippen LogP contribution in [0.4, 0.5) is 0 Å². The second-order valence-corrected chi connectivity index (χ2v) is 4.44. The summed E-state index contributed by atoms with van der Waals surface area (Å²) in [5.74, 6) is 2.62. The van der Waals surface area contributed by atoms with Gasteiger partial charge in [-0.1, -0.05) is 11.6 Å². The smallest absolute Gasteiger partial charge is 0.231 e. The molecule has 0 unspecified atom stereocenters. The van der Waals surface area contributed by atoms with Crippen LogP contribution in [0.2, 0.25) is 5.15 Å². The Morgan fingerprint density at radius 1 is 1.21 bits per heavy atom. The summed E-state index contributed by atoms with van der Waals surface area (Å²) in [6, 6.07) is 7.10. The van der Waals surface area contributed by atoms with Crippen molar-refractivity contribution in [3.63, 3.8) is 0 Å². The van der Waals surface area contributed by atoms with E-state index >= 15 is 0 Å². The zero-order chi connectivity index (χ0) is 13.2. The van der Waals surface area contributed by atoms with Gasteiger partial charge >= 0.3 is 0 Å². The molecule has 6 heteroatoms. The number of hydrogen-bond donors (Lipinski definition) is 0. The van der Waals surface area contributed by atoms with Crippen LogP contribution in [-0.2, 0) is 6.61 Å². The number of fused-ring (bicyclic) bond motifs is 1. The molecule has 98 valence electrons. The maximum absolute atomic E-state index is 5.87. The van der Waals surface area contributed by atoms with Gasteiger partial charge in [0.05, 0.1) is 0 Å². The van der Waals surface area contributed by atoms with Crippen LogP contribution in [0.3, 0.4) is 0 Å². The maximum Gasteiger partial charge on any atom is 0.231 e. The van der Waals surface area contributed by atoms with Gasteiger partial charge in [-0.25, -0.2) is 9.97 Å². The fourth-order valence-electron chi connectivity index (χ4n) is 1.77. The van der Waals surface area contributed by atoms with Crippen LogP contribution >= 0.6 is 11.6 Å². The van der Waals surface area contributed by atoms with E-state index in [1.807, 2.05) is 19.1 Å². The van der Waals surface area contributed by atoms with Crippen LogP contribution in [0.15, 0.2) is 24.3 Å². The maximum atomic E-state index is 5.87. The van der Waals surface area contributed by atoms with Crippen LogP contribution in [-0.4, -0.2) is 16.8 Å². The number of halogens is 1. The quantitative estimate of drug-likeness (QED) is 0.808. The zero-order valence-corrected chi connectivity index (χ0v) is 11.0. The molecule has 1 aromatic carbocycles. The van der Waals surface area contributed by atoms with E-state index in [0.29, 0.717) is 22.5 Å². The molecule has 0 aliphatic carbocycles. The third-order valence-electron chi connectivity index (χ3n) is 2.58. The van der Waals surface area contributed by atoms with E-state index in [-0.39, 0.29) is 13.4 Å². The average Bonchev–Trinajstić information content (AvgIpc) is 2.82. The van der Waals surface area contributed by atoms with Gasteiger partial charge in [-0.05, 0) is 25.1 Å². The Hall–Kier alpha value is -2.01. The molecule has 2 heterocycles. The Balaban J connectivity index is 1.72. The lowest BCUT2D eigenvalue weighted by Gasteiger charge is -2.06. The fraction of sp³-hybridized carbons (Fsp3) is 0.231. The lowest BCUT2D eigenvalue weighted by atomic mass is 10.3. The average molecular weight is 279 g/mol. The molecular weight excluding hydrogens is 268 g/mol. The van der Waals surface area contributed by atoms with E-state index in [2.05, 4.69) is 9.97 Å². The Morgan fingerprint density at radius 3 is 2.89 bits per heavy atom. The topological polar surface area (TPSA) is 53.5 Å². The highest BCUT2D eigenvalue weighted by Crippen LogP contribution is 2.35. The van der Waals surface area contributed by atoms with E-state index < -0.39 is 0 Å². The third kappa shape index (κ3) is 2.71. The molecule has 0 saturated carbocycles. The fourth-order valence-corrected chi connectivity index (χ4v) is 2.02. The van der Waals surface area contributed by atoms with Crippen molar-refractivity contribution < 1.29 is 14.2 Å². The Labute approximate surface area is 115 Å². The highest BCUT2D eigenvalue weighted by Gasteiger charge is 2.13. The molecule has 2 aromatic rings. The highest BCUT2D eigenvalue weighted by atomic mass is 35.5. The predicted molar refractivity (Wildman–Crippen MR) is 68.7 cm³/mol. The van der Waals surface area contributed by atoms with Gasteiger partial charge in [-0.2, -0.15) is 0 Å². The summed E-state index contributed by atoms with van der Waals surface area (Å²) in [6.07, 6.45) is 0. The lowest BCUT2D eigenvalue weighted by molar-refractivity contribution is 0.173. The molecule has 5 nitrogen and oxygen atoms in total. The van der Waals surface area contributed by atoms with E-state index in [4.69, 9.17) is 25.8 Å². The van der Waals surface area contributed by atoms with Crippen molar-refractivity contribution in [1.82, 2.24) is 9.97 Å². The SMILES string of the molecule is Cc1cc(Cl)nc(COc2ccc3c(c2)OCO3)n1. The first-order chi connectivity index (χ1) is 9.20. The van der Waals surface area contributed by atoms with Crippen molar-refractivity contribution in [2.75, 3.05) is 6.79 Å². The van der Waals surface area contributed by atoms with Crippen molar-refractivity contribution in [1.29, 1.82) is 0 Å². The van der Waals surface area contributed by atoms with E-state index in [0.717, 1.165) is 11.4 Å². The minimum atomic E-state index is 0.245. The second-order valence-electron chi connectivity index (χ2n) is 4.05. The first-order valence-electron chi connectivity index (χ1n) is 5.73. The van der Waals surface area contributed by atoms with Crippen LogP contribution in [0, 0.1) is 6.92 Å². The second kappa shape index (κ2) is 4.93. The van der Waals surface area contributed by atoms with E-state index in [1.165, 1.54) is 0 Å². The molecule has 0 amide bonds. The van der Waals surface area contributed by atoms with Gasteiger partial charge in [0.25, 0.3) is 0 Å². The molecular formula is C13H11ClN2O3. The van der Waals surface area contributed by atoms with Crippen molar-refractivity contribution in [2.45, 2.75) is 13.5 Å². The molecule has 0 N–H and O–H groups in total. The monoisotopic (exact) mass is 278 g/mol. The number of hydrogen-bond acceptors (Lipinski definition) is 5. The van der Waals surface area contributed by atoms with Crippen molar-refractivity contribution >= 4 is 11.6 Å². The molecule has 0 saturated heterocycles. The molecule has 0 bridgehead atoms. The van der Waals surface area contributed by atoms with Crippen LogP contribution in [0.25, 0.3) is 0 Å². The van der Waals surface area contributed by atoms with E-state index in [1.54, 1.807) is 12.1 Å². The van der Waals surface area contributed by atoms with Crippen molar-refractivity contribution in [3.05, 3.63) is 40.9 Å². The molecule has 0 atom stereocenters. The van der Waals surface area contributed by atoms with Gasteiger partial charge < -0.3 is 14.2 Å². The molecule has 3 rings (SSSR count). The van der Waals surface area contributed by atoms with Gasteiger partial charge in [0.15, 0.2) is 17.3 Å². The summed E-state index contributed by atoms with van der Waals surface area (Å²) in [5.41, 5.74) is 0.810. The molecule has 0 radical (unpaired) electrons. The summed E-state index contributed by atoms with van der Waals surface area (Å²) in [5, 5.41) is 0.414. The zero-order valence-electron chi connectivity index (χ0n) is 10.2. The molecule has 1 aliphatic rings. The summed E-state index contributed by atoms with van der Waals surface area (Å²) in [4.78, 5) is 8.34.